The first kappa shape index (κ1) is 18.5. The molecule has 0 aliphatic heterocycles. The highest BCUT2D eigenvalue weighted by Gasteiger charge is 2.20. The van der Waals surface area contributed by atoms with Gasteiger partial charge in [-0.2, -0.15) is 0 Å². The quantitative estimate of drug-likeness (QED) is 0.725. The molecule has 120 valence electrons. The number of methoxy groups -OCH3 is 1. The van der Waals surface area contributed by atoms with Gasteiger partial charge in [0.25, 0.3) is 0 Å². The van der Waals surface area contributed by atoms with E-state index >= 15 is 0 Å². The van der Waals surface area contributed by atoms with Crippen molar-refractivity contribution in [2.75, 3.05) is 27.7 Å². The molecule has 1 aromatic rings. The number of nitrogens with one attached hydrogen (secondary N) is 1. The van der Waals surface area contributed by atoms with E-state index in [-0.39, 0.29) is 0 Å². The third kappa shape index (κ3) is 5.61. The number of hydrogen-bond acceptors (Lipinski definition) is 3. The van der Waals surface area contributed by atoms with Crippen molar-refractivity contribution in [3.8, 4) is 5.75 Å². The summed E-state index contributed by atoms with van der Waals surface area (Å²) in [5.41, 5.74) is 1.23. The number of halogens is 1. The molecule has 0 aromatic heterocycles. The van der Waals surface area contributed by atoms with Crippen LogP contribution in [0.4, 0.5) is 0 Å². The van der Waals surface area contributed by atoms with Gasteiger partial charge in [-0.1, -0.05) is 42.6 Å². The Morgan fingerprint density at radius 3 is 2.43 bits per heavy atom. The SMILES string of the molecule is CCC(CC)C(CNCc1cc(OC)ccc1Br)N(C)C. The summed E-state index contributed by atoms with van der Waals surface area (Å²) >= 11 is 3.61. The van der Waals surface area contributed by atoms with Crippen molar-refractivity contribution in [1.82, 2.24) is 10.2 Å². The summed E-state index contributed by atoms with van der Waals surface area (Å²) in [5.74, 6) is 1.64. The third-order valence-corrected chi connectivity index (χ3v) is 4.95. The molecule has 0 heterocycles. The molecular formula is C17H29BrN2O. The fourth-order valence-corrected chi connectivity index (χ4v) is 3.16. The Labute approximate surface area is 138 Å². The molecule has 0 radical (unpaired) electrons. The van der Waals surface area contributed by atoms with E-state index in [9.17, 15) is 0 Å². The van der Waals surface area contributed by atoms with Crippen molar-refractivity contribution in [3.05, 3.63) is 28.2 Å². The topological polar surface area (TPSA) is 24.5 Å². The van der Waals surface area contributed by atoms with Crippen molar-refractivity contribution in [3.63, 3.8) is 0 Å². The van der Waals surface area contributed by atoms with Gasteiger partial charge in [0.15, 0.2) is 0 Å². The Morgan fingerprint density at radius 2 is 1.90 bits per heavy atom. The molecule has 0 aliphatic rings. The lowest BCUT2D eigenvalue weighted by Gasteiger charge is -2.31. The number of hydrogen-bond donors (Lipinski definition) is 1. The Bertz CT molecular complexity index is 419. The van der Waals surface area contributed by atoms with Crippen molar-refractivity contribution < 1.29 is 4.74 Å². The molecule has 21 heavy (non-hydrogen) atoms. The Balaban J connectivity index is 2.61. The predicted octanol–water partition coefficient (Wildman–Crippen LogP) is 3.91. The molecule has 1 N–H and O–H groups in total. The first-order valence-corrected chi connectivity index (χ1v) is 8.52. The molecule has 1 aromatic carbocycles. The fraction of sp³-hybridized carbons (Fsp3) is 0.647. The average Bonchev–Trinajstić information content (AvgIpc) is 2.48. The minimum Gasteiger partial charge on any atom is -0.497 e. The summed E-state index contributed by atoms with van der Waals surface area (Å²) in [5, 5.41) is 3.60. The maximum Gasteiger partial charge on any atom is 0.119 e. The number of likely N-dealkylation sites (N-methyl/N-ethyl adjacent to an activating group) is 1. The molecule has 4 heteroatoms. The molecule has 3 nitrogen and oxygen atoms in total. The first-order chi connectivity index (χ1) is 10.0. The Kier molecular flexibility index (Phi) is 8.30. The van der Waals surface area contributed by atoms with Crippen LogP contribution in [-0.4, -0.2) is 38.7 Å². The molecule has 0 spiro atoms. The van der Waals surface area contributed by atoms with Crippen LogP contribution in [0.2, 0.25) is 0 Å². The minimum atomic E-state index is 0.574. The molecule has 1 unspecified atom stereocenters. The van der Waals surface area contributed by atoms with Crippen molar-refractivity contribution in [1.29, 1.82) is 0 Å². The summed E-state index contributed by atoms with van der Waals surface area (Å²) in [4.78, 5) is 2.34. The normalized spacial score (nSPS) is 13.0. The van der Waals surface area contributed by atoms with Gasteiger partial charge < -0.3 is 15.0 Å². The van der Waals surface area contributed by atoms with E-state index in [0.717, 1.165) is 29.2 Å². The van der Waals surface area contributed by atoms with E-state index in [0.29, 0.717) is 6.04 Å². The van der Waals surface area contributed by atoms with Gasteiger partial charge in [0, 0.05) is 23.6 Å². The summed E-state index contributed by atoms with van der Waals surface area (Å²) in [6.45, 7) is 6.41. The van der Waals surface area contributed by atoms with Gasteiger partial charge in [-0.15, -0.1) is 0 Å². The lowest BCUT2D eigenvalue weighted by Crippen LogP contribution is -2.42. The van der Waals surface area contributed by atoms with Crippen LogP contribution < -0.4 is 10.1 Å². The van der Waals surface area contributed by atoms with Crippen molar-refractivity contribution >= 4 is 15.9 Å². The zero-order valence-corrected chi connectivity index (χ0v) is 15.5. The molecule has 0 bridgehead atoms. The smallest absolute Gasteiger partial charge is 0.119 e. The van der Waals surface area contributed by atoms with Crippen LogP contribution in [0.5, 0.6) is 5.75 Å². The molecular weight excluding hydrogens is 328 g/mol. The zero-order valence-electron chi connectivity index (χ0n) is 13.9. The summed E-state index contributed by atoms with van der Waals surface area (Å²) in [7, 11) is 6.05. The van der Waals surface area contributed by atoms with Gasteiger partial charge >= 0.3 is 0 Å². The fourth-order valence-electron chi connectivity index (χ4n) is 2.77. The maximum atomic E-state index is 5.29. The molecule has 1 atom stereocenters. The molecule has 0 saturated carbocycles. The number of rotatable bonds is 9. The van der Waals surface area contributed by atoms with Gasteiger partial charge in [0.05, 0.1) is 7.11 Å². The van der Waals surface area contributed by atoms with Crippen molar-refractivity contribution in [2.45, 2.75) is 39.3 Å². The van der Waals surface area contributed by atoms with Gasteiger partial charge in [-0.3, -0.25) is 0 Å². The minimum absolute atomic E-state index is 0.574. The molecule has 0 fully saturated rings. The molecule has 0 aliphatic carbocycles. The second-order valence-corrected chi connectivity index (χ2v) is 6.55. The van der Waals surface area contributed by atoms with E-state index in [2.05, 4.69) is 60.2 Å². The van der Waals surface area contributed by atoms with Gasteiger partial charge in [0.2, 0.25) is 0 Å². The largest absolute Gasteiger partial charge is 0.497 e. The van der Waals surface area contributed by atoms with Crippen LogP contribution in [-0.2, 0) is 6.54 Å². The molecule has 0 amide bonds. The van der Waals surface area contributed by atoms with Gasteiger partial charge in [0.1, 0.15) is 5.75 Å². The van der Waals surface area contributed by atoms with Crippen molar-refractivity contribution in [2.24, 2.45) is 5.92 Å². The van der Waals surface area contributed by atoms with Crippen LogP contribution in [0.15, 0.2) is 22.7 Å². The Morgan fingerprint density at radius 1 is 1.24 bits per heavy atom. The molecule has 1 rings (SSSR count). The lowest BCUT2D eigenvalue weighted by atomic mass is 9.93. The highest BCUT2D eigenvalue weighted by atomic mass is 79.9. The van der Waals surface area contributed by atoms with E-state index in [1.54, 1.807) is 7.11 Å². The summed E-state index contributed by atoms with van der Waals surface area (Å²) < 4.78 is 6.42. The summed E-state index contributed by atoms with van der Waals surface area (Å²) in [6.07, 6.45) is 2.45. The van der Waals surface area contributed by atoms with E-state index in [1.807, 2.05) is 12.1 Å². The highest BCUT2D eigenvalue weighted by Crippen LogP contribution is 2.22. The number of benzene rings is 1. The predicted molar refractivity (Wildman–Crippen MR) is 93.9 cm³/mol. The van der Waals surface area contributed by atoms with Crippen LogP contribution in [0.25, 0.3) is 0 Å². The summed E-state index contributed by atoms with van der Waals surface area (Å²) in [6, 6.07) is 6.67. The number of nitrogens with zero attached hydrogens (tertiary/aromatic N) is 1. The maximum absolute atomic E-state index is 5.29. The average molecular weight is 357 g/mol. The third-order valence-electron chi connectivity index (χ3n) is 4.18. The van der Waals surface area contributed by atoms with Gasteiger partial charge in [-0.05, 0) is 43.8 Å². The van der Waals surface area contributed by atoms with Crippen LogP contribution in [0, 0.1) is 5.92 Å². The van der Waals surface area contributed by atoms with Gasteiger partial charge in [-0.25, -0.2) is 0 Å². The second kappa shape index (κ2) is 9.44. The second-order valence-electron chi connectivity index (χ2n) is 5.70. The van der Waals surface area contributed by atoms with Crippen LogP contribution in [0.1, 0.15) is 32.3 Å². The highest BCUT2D eigenvalue weighted by molar-refractivity contribution is 9.10. The van der Waals surface area contributed by atoms with E-state index in [1.165, 1.54) is 18.4 Å². The first-order valence-electron chi connectivity index (χ1n) is 7.72. The Hall–Kier alpha value is -0.580. The van der Waals surface area contributed by atoms with E-state index < -0.39 is 0 Å². The van der Waals surface area contributed by atoms with Crippen LogP contribution >= 0.6 is 15.9 Å². The zero-order chi connectivity index (χ0) is 15.8. The standard InChI is InChI=1S/C17H29BrN2O/c1-6-13(7-2)17(20(3)4)12-19-11-14-10-15(21-5)8-9-16(14)18/h8-10,13,17,19H,6-7,11-12H2,1-5H3. The number of ether oxygens (including phenoxy) is 1. The monoisotopic (exact) mass is 356 g/mol. The lowest BCUT2D eigenvalue weighted by molar-refractivity contribution is 0.194. The van der Waals surface area contributed by atoms with Crippen LogP contribution in [0.3, 0.4) is 0 Å². The molecule has 0 saturated heterocycles. The van der Waals surface area contributed by atoms with E-state index in [4.69, 9.17) is 4.74 Å².